The summed E-state index contributed by atoms with van der Waals surface area (Å²) in [5, 5.41) is 6.25. The van der Waals surface area contributed by atoms with Gasteiger partial charge < -0.3 is 10.6 Å². The minimum Gasteiger partial charge on any atom is -0.370 e. The van der Waals surface area contributed by atoms with Crippen LogP contribution >= 0.6 is 0 Å². The van der Waals surface area contributed by atoms with Crippen molar-refractivity contribution in [2.75, 3.05) is 17.2 Å². The zero-order chi connectivity index (χ0) is 19.6. The Kier molecular flexibility index (Phi) is 7.19. The third-order valence-electron chi connectivity index (χ3n) is 4.68. The highest BCUT2D eigenvalue weighted by atomic mass is 16.1. The van der Waals surface area contributed by atoms with Gasteiger partial charge in [0, 0.05) is 18.9 Å². The number of anilines is 2. The number of hydrogen-bond acceptors (Lipinski definition) is 3. The fraction of sp³-hybridized carbons (Fsp3) is 0.250. The van der Waals surface area contributed by atoms with Crippen LogP contribution in [0.25, 0.3) is 0 Å². The van der Waals surface area contributed by atoms with E-state index in [1.54, 1.807) is 6.20 Å². The molecule has 3 aromatic rings. The Morgan fingerprint density at radius 1 is 0.929 bits per heavy atom. The molecule has 2 N–H and O–H groups in total. The van der Waals surface area contributed by atoms with E-state index >= 15 is 0 Å². The number of rotatable bonds is 9. The Morgan fingerprint density at radius 3 is 2.11 bits per heavy atom. The summed E-state index contributed by atoms with van der Waals surface area (Å²) < 4.78 is 0. The fourth-order valence-corrected chi connectivity index (χ4v) is 3.16. The van der Waals surface area contributed by atoms with E-state index in [-0.39, 0.29) is 11.8 Å². The summed E-state index contributed by atoms with van der Waals surface area (Å²) in [5.41, 5.74) is 2.99. The van der Waals surface area contributed by atoms with E-state index in [1.807, 2.05) is 48.5 Å². The molecule has 28 heavy (non-hydrogen) atoms. The van der Waals surface area contributed by atoms with Crippen LogP contribution in [0.15, 0.2) is 79.0 Å². The summed E-state index contributed by atoms with van der Waals surface area (Å²) in [6.07, 6.45) is 4.34. The highest BCUT2D eigenvalue weighted by Gasteiger charge is 2.18. The Hall–Kier alpha value is -3.14. The van der Waals surface area contributed by atoms with Crippen molar-refractivity contribution in [1.82, 2.24) is 4.98 Å². The van der Waals surface area contributed by atoms with Crippen LogP contribution in [0.2, 0.25) is 0 Å². The minimum atomic E-state index is -0.0220. The molecule has 4 heteroatoms. The van der Waals surface area contributed by atoms with E-state index in [0.29, 0.717) is 12.1 Å². The highest BCUT2D eigenvalue weighted by molar-refractivity contribution is 5.91. The molecule has 0 unspecified atom stereocenters. The standard InChI is InChI=1S/C24H27N3O/c1-2-3-16-25-23-15-14-21(18-26-23)27-24(28)17-22(19-10-6-4-7-11-19)20-12-8-5-9-13-20/h4-15,18,22H,2-3,16-17H2,1H3,(H,25,26)(H,27,28). The van der Waals surface area contributed by atoms with Gasteiger partial charge in [-0.3, -0.25) is 4.79 Å². The van der Waals surface area contributed by atoms with Crippen molar-refractivity contribution < 1.29 is 4.79 Å². The Labute approximate surface area is 167 Å². The van der Waals surface area contributed by atoms with Gasteiger partial charge >= 0.3 is 0 Å². The SMILES string of the molecule is CCCCNc1ccc(NC(=O)CC(c2ccccc2)c2ccccc2)cn1. The molecule has 0 saturated carbocycles. The van der Waals surface area contributed by atoms with Crippen molar-refractivity contribution in [3.05, 3.63) is 90.1 Å². The monoisotopic (exact) mass is 373 g/mol. The van der Waals surface area contributed by atoms with E-state index in [9.17, 15) is 4.79 Å². The molecule has 144 valence electrons. The second-order valence-electron chi connectivity index (χ2n) is 6.84. The number of nitrogens with one attached hydrogen (secondary N) is 2. The van der Waals surface area contributed by atoms with Crippen molar-refractivity contribution in [3.8, 4) is 0 Å². The molecule has 1 amide bonds. The maximum absolute atomic E-state index is 12.7. The van der Waals surface area contributed by atoms with Gasteiger partial charge in [0.25, 0.3) is 0 Å². The van der Waals surface area contributed by atoms with E-state index in [1.165, 1.54) is 0 Å². The predicted octanol–water partition coefficient (Wildman–Crippen LogP) is 5.45. The Morgan fingerprint density at radius 2 is 1.57 bits per heavy atom. The van der Waals surface area contributed by atoms with Crippen molar-refractivity contribution in [3.63, 3.8) is 0 Å². The first-order chi connectivity index (χ1) is 13.8. The molecule has 2 aromatic carbocycles. The number of benzene rings is 2. The second kappa shape index (κ2) is 10.3. The number of carbonyl (C=O) groups is 1. The molecule has 0 aliphatic heterocycles. The molecule has 1 aromatic heterocycles. The Balaban J connectivity index is 1.66. The first kappa shape index (κ1) is 19.6. The van der Waals surface area contributed by atoms with Crippen molar-refractivity contribution >= 4 is 17.4 Å². The first-order valence-electron chi connectivity index (χ1n) is 9.86. The molecular weight excluding hydrogens is 346 g/mol. The van der Waals surface area contributed by atoms with Crippen LogP contribution in [0, 0.1) is 0 Å². The van der Waals surface area contributed by atoms with Crippen molar-refractivity contribution in [1.29, 1.82) is 0 Å². The van der Waals surface area contributed by atoms with Crippen LogP contribution in [-0.4, -0.2) is 17.4 Å². The van der Waals surface area contributed by atoms with E-state index < -0.39 is 0 Å². The lowest BCUT2D eigenvalue weighted by atomic mass is 9.88. The van der Waals surface area contributed by atoms with Gasteiger partial charge in [-0.15, -0.1) is 0 Å². The largest absolute Gasteiger partial charge is 0.370 e. The molecule has 3 rings (SSSR count). The number of unbranched alkanes of at least 4 members (excludes halogenated alkanes) is 1. The van der Waals surface area contributed by atoms with Crippen LogP contribution in [0.3, 0.4) is 0 Å². The Bertz CT molecular complexity index is 809. The summed E-state index contributed by atoms with van der Waals surface area (Å²) >= 11 is 0. The zero-order valence-corrected chi connectivity index (χ0v) is 16.3. The summed E-state index contributed by atoms with van der Waals surface area (Å²) in [7, 11) is 0. The first-order valence-corrected chi connectivity index (χ1v) is 9.86. The van der Waals surface area contributed by atoms with Gasteiger partial charge in [-0.2, -0.15) is 0 Å². The van der Waals surface area contributed by atoms with Crippen LogP contribution in [0.1, 0.15) is 43.2 Å². The van der Waals surface area contributed by atoms with Gasteiger partial charge in [-0.25, -0.2) is 4.98 Å². The zero-order valence-electron chi connectivity index (χ0n) is 16.3. The third-order valence-corrected chi connectivity index (χ3v) is 4.68. The van der Waals surface area contributed by atoms with Crippen molar-refractivity contribution in [2.45, 2.75) is 32.1 Å². The van der Waals surface area contributed by atoms with E-state index in [2.05, 4.69) is 46.8 Å². The molecular formula is C24H27N3O. The van der Waals surface area contributed by atoms with Gasteiger partial charge in [0.15, 0.2) is 0 Å². The maximum atomic E-state index is 12.7. The molecule has 0 saturated heterocycles. The number of pyridine rings is 1. The number of aromatic nitrogens is 1. The van der Waals surface area contributed by atoms with Crippen LogP contribution in [-0.2, 0) is 4.79 Å². The summed E-state index contributed by atoms with van der Waals surface area (Å²) in [5.74, 6) is 0.828. The van der Waals surface area contributed by atoms with Crippen LogP contribution in [0.5, 0.6) is 0 Å². The average molecular weight is 374 g/mol. The third kappa shape index (κ3) is 5.68. The average Bonchev–Trinajstić information content (AvgIpc) is 2.75. The van der Waals surface area contributed by atoms with Gasteiger partial charge in [-0.1, -0.05) is 74.0 Å². The summed E-state index contributed by atoms with van der Waals surface area (Å²) in [4.78, 5) is 17.1. The number of hydrogen-bond donors (Lipinski definition) is 2. The lowest BCUT2D eigenvalue weighted by Crippen LogP contribution is -2.16. The molecule has 0 atom stereocenters. The smallest absolute Gasteiger partial charge is 0.225 e. The van der Waals surface area contributed by atoms with Gasteiger partial charge in [0.1, 0.15) is 5.82 Å². The molecule has 1 heterocycles. The highest BCUT2D eigenvalue weighted by Crippen LogP contribution is 2.28. The second-order valence-corrected chi connectivity index (χ2v) is 6.84. The minimum absolute atomic E-state index is 0.0188. The topological polar surface area (TPSA) is 54.0 Å². The molecule has 0 fully saturated rings. The summed E-state index contributed by atoms with van der Waals surface area (Å²) in [6, 6.07) is 24.1. The molecule has 0 aliphatic carbocycles. The maximum Gasteiger partial charge on any atom is 0.225 e. The lowest BCUT2D eigenvalue weighted by molar-refractivity contribution is -0.116. The number of carbonyl (C=O) groups excluding carboxylic acids is 1. The molecule has 0 bridgehead atoms. The van der Waals surface area contributed by atoms with E-state index in [4.69, 9.17) is 0 Å². The predicted molar refractivity (Wildman–Crippen MR) is 116 cm³/mol. The quantitative estimate of drug-likeness (QED) is 0.490. The van der Waals surface area contributed by atoms with Gasteiger partial charge in [-0.05, 0) is 29.7 Å². The molecule has 0 aliphatic rings. The molecule has 4 nitrogen and oxygen atoms in total. The number of nitrogens with zero attached hydrogens (tertiary/aromatic N) is 1. The lowest BCUT2D eigenvalue weighted by Gasteiger charge is -2.18. The van der Waals surface area contributed by atoms with Crippen LogP contribution in [0.4, 0.5) is 11.5 Å². The van der Waals surface area contributed by atoms with Crippen LogP contribution < -0.4 is 10.6 Å². The molecule has 0 spiro atoms. The normalized spacial score (nSPS) is 10.6. The van der Waals surface area contributed by atoms with E-state index in [0.717, 1.165) is 36.3 Å². The number of amides is 1. The van der Waals surface area contributed by atoms with Crippen molar-refractivity contribution in [2.24, 2.45) is 0 Å². The molecule has 0 radical (unpaired) electrons. The van der Waals surface area contributed by atoms with Gasteiger partial charge in [0.05, 0.1) is 11.9 Å². The summed E-state index contributed by atoms with van der Waals surface area (Å²) in [6.45, 7) is 3.07. The fourth-order valence-electron chi connectivity index (χ4n) is 3.16. The van der Waals surface area contributed by atoms with Gasteiger partial charge in [0.2, 0.25) is 5.91 Å².